The lowest BCUT2D eigenvalue weighted by atomic mass is 10.0. The molecule has 0 unspecified atom stereocenters. The first-order valence-corrected chi connectivity index (χ1v) is 11.2. The van der Waals surface area contributed by atoms with E-state index >= 15 is 0 Å². The Labute approximate surface area is 180 Å². The molecule has 2 aromatic heterocycles. The summed E-state index contributed by atoms with van der Waals surface area (Å²) in [6.45, 7) is 5.53. The van der Waals surface area contributed by atoms with Gasteiger partial charge in [-0.05, 0) is 23.6 Å². The molecule has 1 aromatic carbocycles. The van der Waals surface area contributed by atoms with E-state index in [-0.39, 0.29) is 12.0 Å². The van der Waals surface area contributed by atoms with E-state index < -0.39 is 0 Å². The number of fused-ring (bicyclic) bond motifs is 1. The number of hydrogen-bond acceptors (Lipinski definition) is 6. The van der Waals surface area contributed by atoms with Crippen LogP contribution < -0.4 is 0 Å². The molecule has 0 bridgehead atoms. The van der Waals surface area contributed by atoms with Crippen LogP contribution in [-0.4, -0.2) is 66.7 Å². The monoisotopic (exact) mass is 423 g/mol. The van der Waals surface area contributed by atoms with Crippen LogP contribution in [0.15, 0.2) is 48.7 Å². The lowest BCUT2D eigenvalue weighted by Gasteiger charge is -2.33. The van der Waals surface area contributed by atoms with Crippen LogP contribution in [0.2, 0.25) is 0 Å². The van der Waals surface area contributed by atoms with Gasteiger partial charge in [0, 0.05) is 49.2 Å². The third-order valence-electron chi connectivity index (χ3n) is 5.71. The number of carbonyl (C=O) groups excluding carboxylic acids is 1. The average molecular weight is 424 g/mol. The number of amides is 1. The van der Waals surface area contributed by atoms with Gasteiger partial charge in [-0.1, -0.05) is 24.3 Å². The molecule has 156 valence electrons. The fourth-order valence-electron chi connectivity index (χ4n) is 4.20. The molecule has 0 spiro atoms. The largest absolute Gasteiger partial charge is 0.378 e. The number of ether oxygens (including phenoxy) is 2. The Morgan fingerprint density at radius 1 is 1.07 bits per heavy atom. The van der Waals surface area contributed by atoms with Gasteiger partial charge in [0.1, 0.15) is 0 Å². The van der Waals surface area contributed by atoms with E-state index in [0.717, 1.165) is 45.9 Å². The molecular formula is C23H25N3O3S. The van der Waals surface area contributed by atoms with Crippen LogP contribution in [0.3, 0.4) is 0 Å². The summed E-state index contributed by atoms with van der Waals surface area (Å²) in [5.41, 5.74) is 2.09. The van der Waals surface area contributed by atoms with Crippen LogP contribution in [0.4, 0.5) is 0 Å². The summed E-state index contributed by atoms with van der Waals surface area (Å²) in [4.78, 5) is 23.0. The third kappa shape index (κ3) is 3.98. The number of hydrogen-bond donors (Lipinski definition) is 0. The second-order valence-electron chi connectivity index (χ2n) is 7.66. The molecule has 0 saturated carbocycles. The molecule has 2 aliphatic heterocycles. The molecular weight excluding hydrogens is 398 g/mol. The summed E-state index contributed by atoms with van der Waals surface area (Å²) in [6, 6.07) is 14.3. The second kappa shape index (κ2) is 8.81. The highest BCUT2D eigenvalue weighted by atomic mass is 32.1. The highest BCUT2D eigenvalue weighted by molar-refractivity contribution is 7.21. The molecule has 5 rings (SSSR count). The zero-order valence-electron chi connectivity index (χ0n) is 16.8. The van der Waals surface area contributed by atoms with Crippen LogP contribution in [0.5, 0.6) is 0 Å². The van der Waals surface area contributed by atoms with E-state index in [0.29, 0.717) is 32.9 Å². The van der Waals surface area contributed by atoms with Gasteiger partial charge in [0.05, 0.1) is 36.5 Å². The zero-order valence-corrected chi connectivity index (χ0v) is 17.6. The molecule has 0 radical (unpaired) electrons. The topological polar surface area (TPSA) is 54.9 Å². The van der Waals surface area contributed by atoms with Crippen molar-refractivity contribution in [3.05, 3.63) is 64.8 Å². The molecule has 6 nitrogen and oxygen atoms in total. The second-order valence-corrected chi connectivity index (χ2v) is 8.71. The van der Waals surface area contributed by atoms with Crippen molar-refractivity contribution >= 4 is 27.3 Å². The minimum absolute atomic E-state index is 0.0972. The molecule has 1 amide bonds. The first kappa shape index (κ1) is 19.6. The Kier molecular flexibility index (Phi) is 5.77. The highest BCUT2D eigenvalue weighted by Crippen LogP contribution is 2.39. The summed E-state index contributed by atoms with van der Waals surface area (Å²) in [5.74, 6) is 0.0972. The average Bonchev–Trinajstić information content (AvgIpc) is 3.20. The van der Waals surface area contributed by atoms with Gasteiger partial charge in [-0.15, -0.1) is 11.3 Å². The van der Waals surface area contributed by atoms with Gasteiger partial charge in [0.25, 0.3) is 5.91 Å². The molecule has 7 heteroatoms. The van der Waals surface area contributed by atoms with Crippen LogP contribution in [0.1, 0.15) is 27.0 Å². The Bertz CT molecular complexity index is 1020. The van der Waals surface area contributed by atoms with Crippen LogP contribution >= 0.6 is 11.3 Å². The van der Waals surface area contributed by atoms with Crippen molar-refractivity contribution in [2.45, 2.75) is 12.6 Å². The molecule has 0 aliphatic carbocycles. The SMILES string of the molecule is O=C(c1sc2ccccc2c1[C@H]1CN(Cc2ccccn2)CCO1)N1CCOCC1. The van der Waals surface area contributed by atoms with Gasteiger partial charge in [0.2, 0.25) is 0 Å². The number of thiophene rings is 1. The van der Waals surface area contributed by atoms with E-state index in [4.69, 9.17) is 9.47 Å². The van der Waals surface area contributed by atoms with Crippen molar-refractivity contribution in [2.75, 3.05) is 46.0 Å². The quantitative estimate of drug-likeness (QED) is 0.644. The standard InChI is InChI=1S/C23H25N3O3S/c27-23(26-10-12-28-13-11-26)22-21(18-6-1-2-7-20(18)30-22)19-16-25(9-14-29-19)15-17-5-3-4-8-24-17/h1-8,19H,9-16H2/t19-/m1/s1. The minimum Gasteiger partial charge on any atom is -0.378 e. The molecule has 3 aromatic rings. The lowest BCUT2D eigenvalue weighted by Crippen LogP contribution is -2.41. The number of carbonyl (C=O) groups is 1. The van der Waals surface area contributed by atoms with Crippen molar-refractivity contribution in [3.8, 4) is 0 Å². The van der Waals surface area contributed by atoms with E-state index in [1.807, 2.05) is 35.4 Å². The van der Waals surface area contributed by atoms with Gasteiger partial charge in [-0.3, -0.25) is 14.7 Å². The smallest absolute Gasteiger partial charge is 0.264 e. The Morgan fingerprint density at radius 3 is 2.73 bits per heavy atom. The third-order valence-corrected chi connectivity index (χ3v) is 6.89. The summed E-state index contributed by atoms with van der Waals surface area (Å²) < 4.78 is 12.8. The van der Waals surface area contributed by atoms with E-state index in [2.05, 4.69) is 28.1 Å². The Morgan fingerprint density at radius 2 is 1.90 bits per heavy atom. The lowest BCUT2D eigenvalue weighted by molar-refractivity contribution is -0.0328. The van der Waals surface area contributed by atoms with Crippen LogP contribution in [0.25, 0.3) is 10.1 Å². The van der Waals surface area contributed by atoms with Crippen molar-refractivity contribution in [2.24, 2.45) is 0 Å². The summed E-state index contributed by atoms with van der Waals surface area (Å²) in [7, 11) is 0. The molecule has 2 fully saturated rings. The summed E-state index contributed by atoms with van der Waals surface area (Å²) >= 11 is 1.58. The normalized spacial score (nSPS) is 20.5. The maximum Gasteiger partial charge on any atom is 0.264 e. The van der Waals surface area contributed by atoms with Crippen LogP contribution in [-0.2, 0) is 16.0 Å². The van der Waals surface area contributed by atoms with Gasteiger partial charge in [0.15, 0.2) is 0 Å². The molecule has 0 N–H and O–H groups in total. The van der Waals surface area contributed by atoms with Crippen molar-refractivity contribution < 1.29 is 14.3 Å². The summed E-state index contributed by atoms with van der Waals surface area (Å²) in [6.07, 6.45) is 1.71. The number of aromatic nitrogens is 1. The fourth-order valence-corrected chi connectivity index (χ4v) is 5.42. The predicted octanol–water partition coefficient (Wildman–Crippen LogP) is 3.34. The van der Waals surface area contributed by atoms with Gasteiger partial charge in [-0.2, -0.15) is 0 Å². The highest BCUT2D eigenvalue weighted by Gasteiger charge is 2.32. The van der Waals surface area contributed by atoms with E-state index in [1.54, 1.807) is 11.3 Å². The predicted molar refractivity (Wildman–Crippen MR) is 117 cm³/mol. The zero-order chi connectivity index (χ0) is 20.3. The maximum absolute atomic E-state index is 13.4. The molecule has 2 saturated heterocycles. The van der Waals surface area contributed by atoms with Gasteiger partial charge < -0.3 is 14.4 Å². The summed E-state index contributed by atoms with van der Waals surface area (Å²) in [5, 5.41) is 1.13. The van der Waals surface area contributed by atoms with Crippen molar-refractivity contribution in [3.63, 3.8) is 0 Å². The molecule has 1 atom stereocenters. The number of benzene rings is 1. The molecule has 4 heterocycles. The van der Waals surface area contributed by atoms with Crippen molar-refractivity contribution in [1.29, 1.82) is 0 Å². The van der Waals surface area contributed by atoms with Gasteiger partial charge in [-0.25, -0.2) is 0 Å². The Balaban J connectivity index is 1.45. The number of rotatable bonds is 4. The number of morpholine rings is 2. The minimum atomic E-state index is -0.126. The molecule has 2 aliphatic rings. The fraction of sp³-hybridized carbons (Fsp3) is 0.391. The van der Waals surface area contributed by atoms with E-state index in [1.165, 1.54) is 0 Å². The van der Waals surface area contributed by atoms with Gasteiger partial charge >= 0.3 is 0 Å². The maximum atomic E-state index is 13.4. The van der Waals surface area contributed by atoms with Crippen molar-refractivity contribution in [1.82, 2.24) is 14.8 Å². The van der Waals surface area contributed by atoms with Crippen LogP contribution in [0, 0.1) is 0 Å². The number of pyridine rings is 1. The molecule has 30 heavy (non-hydrogen) atoms. The first-order valence-electron chi connectivity index (χ1n) is 10.4. The van der Waals surface area contributed by atoms with E-state index in [9.17, 15) is 4.79 Å². The number of nitrogens with zero attached hydrogens (tertiary/aromatic N) is 3. The Hall–Kier alpha value is -2.32. The first-order chi connectivity index (χ1) is 14.8.